The van der Waals surface area contributed by atoms with Gasteiger partial charge in [-0.2, -0.15) is 0 Å². The van der Waals surface area contributed by atoms with E-state index in [4.69, 9.17) is 4.74 Å². The standard InChI is InChI=1S/C17H26O/c1-2-3-5-8-16(11-12-17-13-14-18-17)15-9-6-4-7-10-15/h4,6-7,9-10,16-17H,2-3,5,8,11-14H2,1H3. The minimum Gasteiger partial charge on any atom is -0.378 e. The van der Waals surface area contributed by atoms with Gasteiger partial charge in [0.1, 0.15) is 0 Å². The Morgan fingerprint density at radius 3 is 2.56 bits per heavy atom. The quantitative estimate of drug-likeness (QED) is 0.592. The molecule has 2 unspecified atom stereocenters. The van der Waals surface area contributed by atoms with Crippen molar-refractivity contribution in [2.75, 3.05) is 6.61 Å². The third-order valence-corrected chi connectivity index (χ3v) is 4.06. The molecule has 1 aromatic carbocycles. The topological polar surface area (TPSA) is 9.23 Å². The normalized spacial score (nSPS) is 20.4. The first kappa shape index (κ1) is 13.6. The van der Waals surface area contributed by atoms with Crippen molar-refractivity contribution in [1.82, 2.24) is 0 Å². The molecule has 2 rings (SSSR count). The molecule has 0 aromatic heterocycles. The zero-order valence-electron chi connectivity index (χ0n) is 11.6. The van der Waals surface area contributed by atoms with Crippen molar-refractivity contribution in [3.05, 3.63) is 35.9 Å². The molecular weight excluding hydrogens is 220 g/mol. The van der Waals surface area contributed by atoms with Crippen LogP contribution in [0.2, 0.25) is 0 Å². The fourth-order valence-corrected chi connectivity index (χ4v) is 2.74. The number of ether oxygens (including phenoxy) is 1. The van der Waals surface area contributed by atoms with Gasteiger partial charge in [-0.3, -0.25) is 0 Å². The van der Waals surface area contributed by atoms with E-state index < -0.39 is 0 Å². The molecule has 1 aliphatic heterocycles. The number of unbranched alkanes of at least 4 members (excludes halogenated alkanes) is 2. The molecule has 1 aromatic rings. The Morgan fingerprint density at radius 2 is 1.94 bits per heavy atom. The summed E-state index contributed by atoms with van der Waals surface area (Å²) in [5.41, 5.74) is 1.52. The average Bonchev–Trinajstić information content (AvgIpc) is 2.36. The second-order valence-corrected chi connectivity index (χ2v) is 5.46. The summed E-state index contributed by atoms with van der Waals surface area (Å²) in [5, 5.41) is 0. The molecule has 0 saturated carbocycles. The predicted octanol–water partition coefficient (Wildman–Crippen LogP) is 4.92. The second-order valence-electron chi connectivity index (χ2n) is 5.46. The monoisotopic (exact) mass is 246 g/mol. The number of benzene rings is 1. The van der Waals surface area contributed by atoms with Gasteiger partial charge in [-0.05, 0) is 37.2 Å². The number of rotatable bonds is 8. The summed E-state index contributed by atoms with van der Waals surface area (Å²) >= 11 is 0. The van der Waals surface area contributed by atoms with Crippen LogP contribution < -0.4 is 0 Å². The van der Waals surface area contributed by atoms with Crippen LogP contribution in [0.5, 0.6) is 0 Å². The van der Waals surface area contributed by atoms with Crippen LogP contribution in [0, 0.1) is 0 Å². The molecule has 1 heterocycles. The molecular formula is C17H26O. The van der Waals surface area contributed by atoms with Gasteiger partial charge in [0.2, 0.25) is 0 Å². The van der Waals surface area contributed by atoms with Gasteiger partial charge in [0.25, 0.3) is 0 Å². The molecule has 0 amide bonds. The van der Waals surface area contributed by atoms with E-state index >= 15 is 0 Å². The third-order valence-electron chi connectivity index (χ3n) is 4.06. The maximum absolute atomic E-state index is 5.54. The highest BCUT2D eigenvalue weighted by Crippen LogP contribution is 2.30. The van der Waals surface area contributed by atoms with E-state index in [2.05, 4.69) is 37.3 Å². The van der Waals surface area contributed by atoms with Gasteiger partial charge >= 0.3 is 0 Å². The van der Waals surface area contributed by atoms with Crippen LogP contribution >= 0.6 is 0 Å². The molecule has 0 N–H and O–H groups in total. The van der Waals surface area contributed by atoms with Gasteiger partial charge in [-0.15, -0.1) is 0 Å². The van der Waals surface area contributed by atoms with Crippen LogP contribution in [0.1, 0.15) is 63.4 Å². The largest absolute Gasteiger partial charge is 0.378 e. The van der Waals surface area contributed by atoms with Crippen molar-refractivity contribution in [2.24, 2.45) is 0 Å². The molecule has 1 nitrogen and oxygen atoms in total. The summed E-state index contributed by atoms with van der Waals surface area (Å²) in [4.78, 5) is 0. The number of hydrogen-bond donors (Lipinski definition) is 0. The molecule has 0 spiro atoms. The van der Waals surface area contributed by atoms with E-state index in [9.17, 15) is 0 Å². The summed E-state index contributed by atoms with van der Waals surface area (Å²) in [6.07, 6.45) is 9.74. The fourth-order valence-electron chi connectivity index (χ4n) is 2.74. The summed E-state index contributed by atoms with van der Waals surface area (Å²) in [7, 11) is 0. The zero-order valence-corrected chi connectivity index (χ0v) is 11.6. The first-order valence-electron chi connectivity index (χ1n) is 7.56. The van der Waals surface area contributed by atoms with E-state index in [0.717, 1.165) is 12.5 Å². The van der Waals surface area contributed by atoms with E-state index in [1.54, 1.807) is 0 Å². The Balaban J connectivity index is 1.84. The lowest BCUT2D eigenvalue weighted by Gasteiger charge is -2.28. The van der Waals surface area contributed by atoms with E-state index in [1.807, 2.05) is 0 Å². The lowest BCUT2D eigenvalue weighted by Crippen LogP contribution is -2.26. The Kier molecular flexibility index (Phi) is 5.73. The Hall–Kier alpha value is -0.820. The minimum atomic E-state index is 0.558. The molecule has 100 valence electrons. The minimum absolute atomic E-state index is 0.558. The second kappa shape index (κ2) is 7.58. The Morgan fingerprint density at radius 1 is 1.17 bits per heavy atom. The fraction of sp³-hybridized carbons (Fsp3) is 0.647. The maximum Gasteiger partial charge on any atom is 0.0597 e. The Bertz CT molecular complexity index is 316. The smallest absolute Gasteiger partial charge is 0.0597 e. The van der Waals surface area contributed by atoms with Gasteiger partial charge in [0.05, 0.1) is 6.10 Å². The van der Waals surface area contributed by atoms with Crippen molar-refractivity contribution in [3.63, 3.8) is 0 Å². The summed E-state index contributed by atoms with van der Waals surface area (Å²) in [5.74, 6) is 0.738. The highest BCUT2D eigenvalue weighted by atomic mass is 16.5. The van der Waals surface area contributed by atoms with Crippen molar-refractivity contribution in [3.8, 4) is 0 Å². The lowest BCUT2D eigenvalue weighted by atomic mass is 9.87. The van der Waals surface area contributed by atoms with Gasteiger partial charge in [0, 0.05) is 6.61 Å². The van der Waals surface area contributed by atoms with Crippen LogP contribution in [-0.2, 0) is 4.74 Å². The van der Waals surface area contributed by atoms with Crippen LogP contribution in [0.4, 0.5) is 0 Å². The third kappa shape index (κ3) is 4.13. The number of hydrogen-bond acceptors (Lipinski definition) is 1. The molecule has 1 aliphatic rings. The van der Waals surface area contributed by atoms with Crippen molar-refractivity contribution in [1.29, 1.82) is 0 Å². The van der Waals surface area contributed by atoms with Crippen molar-refractivity contribution in [2.45, 2.75) is 63.9 Å². The van der Waals surface area contributed by atoms with Crippen LogP contribution in [0.25, 0.3) is 0 Å². The van der Waals surface area contributed by atoms with Gasteiger partial charge in [-0.1, -0.05) is 56.5 Å². The SMILES string of the molecule is CCCCCC(CCC1CCO1)c1ccccc1. The van der Waals surface area contributed by atoms with E-state index in [0.29, 0.717) is 6.10 Å². The molecule has 18 heavy (non-hydrogen) atoms. The molecule has 0 aliphatic carbocycles. The highest BCUT2D eigenvalue weighted by molar-refractivity contribution is 5.19. The summed E-state index contributed by atoms with van der Waals surface area (Å²) in [6, 6.07) is 11.0. The average molecular weight is 246 g/mol. The van der Waals surface area contributed by atoms with Crippen molar-refractivity contribution < 1.29 is 4.74 Å². The molecule has 1 fully saturated rings. The lowest BCUT2D eigenvalue weighted by molar-refractivity contribution is -0.0562. The highest BCUT2D eigenvalue weighted by Gasteiger charge is 2.20. The maximum atomic E-state index is 5.54. The van der Waals surface area contributed by atoms with Gasteiger partial charge < -0.3 is 4.74 Å². The predicted molar refractivity (Wildman–Crippen MR) is 76.9 cm³/mol. The molecule has 0 radical (unpaired) electrons. The van der Waals surface area contributed by atoms with Crippen LogP contribution in [0.15, 0.2) is 30.3 Å². The molecule has 1 saturated heterocycles. The first-order valence-corrected chi connectivity index (χ1v) is 7.56. The first-order chi connectivity index (χ1) is 8.90. The van der Waals surface area contributed by atoms with Crippen molar-refractivity contribution >= 4 is 0 Å². The summed E-state index contributed by atoms with van der Waals surface area (Å²) in [6.45, 7) is 3.26. The van der Waals surface area contributed by atoms with Gasteiger partial charge in [-0.25, -0.2) is 0 Å². The molecule has 2 atom stereocenters. The van der Waals surface area contributed by atoms with Crippen LogP contribution in [0.3, 0.4) is 0 Å². The van der Waals surface area contributed by atoms with Crippen LogP contribution in [-0.4, -0.2) is 12.7 Å². The van der Waals surface area contributed by atoms with Gasteiger partial charge in [0.15, 0.2) is 0 Å². The van der Waals surface area contributed by atoms with E-state index in [-0.39, 0.29) is 0 Å². The zero-order chi connectivity index (χ0) is 12.6. The molecule has 1 heteroatoms. The van der Waals surface area contributed by atoms with E-state index in [1.165, 1.54) is 50.5 Å². The summed E-state index contributed by atoms with van der Waals surface area (Å²) < 4.78 is 5.54. The molecule has 0 bridgehead atoms. The Labute approximate surface area is 112 Å².